The molecule has 1 rings (SSSR count). The van der Waals surface area contributed by atoms with Crippen molar-refractivity contribution < 1.29 is 4.74 Å². The van der Waals surface area contributed by atoms with E-state index in [1.807, 2.05) is 11.8 Å². The van der Waals surface area contributed by atoms with E-state index in [2.05, 4.69) is 23.5 Å². The van der Waals surface area contributed by atoms with Crippen LogP contribution in [0.4, 0.5) is 0 Å². The fourth-order valence-corrected chi connectivity index (χ4v) is 1.78. The molecule has 1 aliphatic heterocycles. The second-order valence-electron chi connectivity index (χ2n) is 3.45. The van der Waals surface area contributed by atoms with Crippen LogP contribution in [0.15, 0.2) is 0 Å². The Bertz CT molecular complexity index is 135. The fourth-order valence-electron chi connectivity index (χ4n) is 1.43. The van der Waals surface area contributed by atoms with Gasteiger partial charge in [0.05, 0.1) is 12.7 Å². The van der Waals surface area contributed by atoms with E-state index < -0.39 is 0 Å². The molecule has 78 valence electrons. The van der Waals surface area contributed by atoms with Crippen LogP contribution in [-0.2, 0) is 4.74 Å². The normalized spacial score (nSPS) is 24.9. The van der Waals surface area contributed by atoms with Crippen molar-refractivity contribution in [2.45, 2.75) is 6.10 Å². The Labute approximate surface area is 85.2 Å². The minimum Gasteiger partial charge on any atom is -0.374 e. The number of hydrogen-bond acceptors (Lipinski definition) is 4. The summed E-state index contributed by atoms with van der Waals surface area (Å²) in [5.41, 5.74) is 0. The molecule has 0 aromatic rings. The van der Waals surface area contributed by atoms with Crippen LogP contribution in [0.25, 0.3) is 0 Å². The van der Waals surface area contributed by atoms with Crippen LogP contribution in [0, 0.1) is 0 Å². The maximum absolute atomic E-state index is 5.62. The summed E-state index contributed by atoms with van der Waals surface area (Å²) in [6.07, 6.45) is 2.52. The molecule has 0 aromatic heterocycles. The summed E-state index contributed by atoms with van der Waals surface area (Å²) in [6, 6.07) is 0. The molecule has 0 aromatic carbocycles. The smallest absolute Gasteiger partial charge is 0.0826 e. The van der Waals surface area contributed by atoms with Gasteiger partial charge in [-0.25, -0.2) is 0 Å². The van der Waals surface area contributed by atoms with Gasteiger partial charge in [-0.2, -0.15) is 11.8 Å². The third-order valence-corrected chi connectivity index (χ3v) is 2.81. The molecule has 13 heavy (non-hydrogen) atoms. The van der Waals surface area contributed by atoms with Gasteiger partial charge in [-0.3, -0.25) is 0 Å². The number of hydrogen-bond donors (Lipinski definition) is 1. The summed E-state index contributed by atoms with van der Waals surface area (Å²) < 4.78 is 5.62. The molecular formula is C9H20N2OS. The number of nitrogens with one attached hydrogen (secondary N) is 1. The third kappa shape index (κ3) is 4.86. The number of likely N-dealkylation sites (N-methyl/N-ethyl adjacent to an activating group) is 1. The van der Waals surface area contributed by atoms with Crippen molar-refractivity contribution in [2.75, 3.05) is 51.8 Å². The molecule has 1 N–H and O–H groups in total. The van der Waals surface area contributed by atoms with Crippen molar-refractivity contribution >= 4 is 11.8 Å². The van der Waals surface area contributed by atoms with Crippen molar-refractivity contribution in [2.24, 2.45) is 0 Å². The second-order valence-corrected chi connectivity index (χ2v) is 4.44. The van der Waals surface area contributed by atoms with Gasteiger partial charge in [-0.15, -0.1) is 0 Å². The van der Waals surface area contributed by atoms with Crippen molar-refractivity contribution in [3.8, 4) is 0 Å². The highest BCUT2D eigenvalue weighted by Gasteiger charge is 2.16. The van der Waals surface area contributed by atoms with E-state index in [9.17, 15) is 0 Å². The Balaban J connectivity index is 2.00. The molecule has 0 radical (unpaired) electrons. The Hall–Kier alpha value is 0.230. The lowest BCUT2D eigenvalue weighted by Crippen LogP contribution is -2.45. The number of nitrogens with zero attached hydrogens (tertiary/aromatic N) is 1. The van der Waals surface area contributed by atoms with Crippen LogP contribution in [0.1, 0.15) is 0 Å². The quantitative estimate of drug-likeness (QED) is 0.650. The zero-order chi connectivity index (χ0) is 9.52. The van der Waals surface area contributed by atoms with Gasteiger partial charge >= 0.3 is 0 Å². The van der Waals surface area contributed by atoms with Crippen LogP contribution in [0.5, 0.6) is 0 Å². The molecule has 1 saturated heterocycles. The van der Waals surface area contributed by atoms with Crippen LogP contribution >= 0.6 is 11.8 Å². The molecule has 0 bridgehead atoms. The molecule has 0 aliphatic carbocycles. The molecular weight excluding hydrogens is 184 g/mol. The van der Waals surface area contributed by atoms with Crippen molar-refractivity contribution in [1.82, 2.24) is 10.2 Å². The summed E-state index contributed by atoms with van der Waals surface area (Å²) in [5, 5.41) is 3.40. The predicted octanol–water partition coefficient (Wildman–Crippen LogP) is 0.270. The molecule has 1 heterocycles. The molecule has 0 amide bonds. The largest absolute Gasteiger partial charge is 0.374 e. The van der Waals surface area contributed by atoms with Crippen molar-refractivity contribution in [3.63, 3.8) is 0 Å². The lowest BCUT2D eigenvalue weighted by Gasteiger charge is -2.30. The van der Waals surface area contributed by atoms with Crippen molar-refractivity contribution in [3.05, 3.63) is 0 Å². The summed E-state index contributed by atoms with van der Waals surface area (Å²) in [6.45, 7) is 5.09. The average molecular weight is 204 g/mol. The second kappa shape index (κ2) is 6.65. The van der Waals surface area contributed by atoms with Crippen LogP contribution in [0.3, 0.4) is 0 Å². The molecule has 3 nitrogen and oxygen atoms in total. The van der Waals surface area contributed by atoms with Gasteiger partial charge in [0, 0.05) is 31.9 Å². The highest BCUT2D eigenvalue weighted by molar-refractivity contribution is 7.98. The first-order valence-electron chi connectivity index (χ1n) is 4.82. The molecule has 0 spiro atoms. The number of morpholine rings is 1. The lowest BCUT2D eigenvalue weighted by molar-refractivity contribution is -0.0177. The van der Waals surface area contributed by atoms with Crippen molar-refractivity contribution in [1.29, 1.82) is 0 Å². The maximum Gasteiger partial charge on any atom is 0.0826 e. The molecule has 4 heteroatoms. The van der Waals surface area contributed by atoms with Crippen LogP contribution < -0.4 is 5.32 Å². The first-order chi connectivity index (χ1) is 6.33. The minimum atomic E-state index is 0.389. The van der Waals surface area contributed by atoms with E-state index in [1.54, 1.807) is 0 Å². The van der Waals surface area contributed by atoms with Crippen LogP contribution in [0.2, 0.25) is 0 Å². The lowest BCUT2D eigenvalue weighted by atomic mass is 10.3. The molecule has 0 saturated carbocycles. The van der Waals surface area contributed by atoms with Gasteiger partial charge in [-0.1, -0.05) is 0 Å². The standard InChI is InChI=1S/C9H20N2OS/c1-11-4-5-12-9(8-11)7-10-3-6-13-2/h9-10H,3-8H2,1-2H3. The van der Waals surface area contributed by atoms with E-state index in [4.69, 9.17) is 4.74 Å². The Morgan fingerprint density at radius 2 is 2.46 bits per heavy atom. The average Bonchev–Trinajstić information content (AvgIpc) is 2.13. The molecule has 1 fully saturated rings. The van der Waals surface area contributed by atoms with E-state index in [1.165, 1.54) is 5.75 Å². The van der Waals surface area contributed by atoms with E-state index in [0.717, 1.165) is 32.8 Å². The van der Waals surface area contributed by atoms with Gasteiger partial charge in [0.15, 0.2) is 0 Å². The molecule has 1 atom stereocenters. The van der Waals surface area contributed by atoms with Gasteiger partial charge < -0.3 is 15.0 Å². The topological polar surface area (TPSA) is 24.5 Å². The SMILES string of the molecule is CSCCNCC1CN(C)CCO1. The number of rotatable bonds is 5. The number of ether oxygens (including phenoxy) is 1. The first-order valence-corrected chi connectivity index (χ1v) is 6.22. The zero-order valence-electron chi connectivity index (χ0n) is 8.58. The fraction of sp³-hybridized carbons (Fsp3) is 1.00. The van der Waals surface area contributed by atoms with E-state index in [0.29, 0.717) is 6.10 Å². The predicted molar refractivity (Wildman–Crippen MR) is 58.5 cm³/mol. The van der Waals surface area contributed by atoms with Gasteiger partial charge in [0.25, 0.3) is 0 Å². The molecule has 1 aliphatic rings. The summed E-state index contributed by atoms with van der Waals surface area (Å²) >= 11 is 1.88. The van der Waals surface area contributed by atoms with Crippen LogP contribution in [-0.4, -0.2) is 62.8 Å². The Kier molecular flexibility index (Phi) is 5.78. The first kappa shape index (κ1) is 11.3. The van der Waals surface area contributed by atoms with Gasteiger partial charge in [0.1, 0.15) is 0 Å². The van der Waals surface area contributed by atoms with Gasteiger partial charge in [0.2, 0.25) is 0 Å². The summed E-state index contributed by atoms with van der Waals surface area (Å²) in [4.78, 5) is 2.32. The Morgan fingerprint density at radius 3 is 3.15 bits per heavy atom. The molecule has 1 unspecified atom stereocenters. The maximum atomic E-state index is 5.62. The monoisotopic (exact) mass is 204 g/mol. The highest BCUT2D eigenvalue weighted by Crippen LogP contribution is 2.01. The Morgan fingerprint density at radius 1 is 1.62 bits per heavy atom. The summed E-state index contributed by atoms with van der Waals surface area (Å²) in [5.74, 6) is 1.18. The third-order valence-electron chi connectivity index (χ3n) is 2.20. The number of thioether (sulfide) groups is 1. The van der Waals surface area contributed by atoms with E-state index >= 15 is 0 Å². The zero-order valence-corrected chi connectivity index (χ0v) is 9.40. The minimum absolute atomic E-state index is 0.389. The van der Waals surface area contributed by atoms with E-state index in [-0.39, 0.29) is 0 Å². The van der Waals surface area contributed by atoms with Gasteiger partial charge in [-0.05, 0) is 13.3 Å². The summed E-state index contributed by atoms with van der Waals surface area (Å²) in [7, 11) is 2.15. The highest BCUT2D eigenvalue weighted by atomic mass is 32.2.